The van der Waals surface area contributed by atoms with Crippen LogP contribution in [0.25, 0.3) is 0 Å². The van der Waals surface area contributed by atoms with E-state index in [0.29, 0.717) is 6.42 Å². The van der Waals surface area contributed by atoms with Gasteiger partial charge >= 0.3 is 0 Å². The summed E-state index contributed by atoms with van der Waals surface area (Å²) in [5.74, 6) is -0.0192. The van der Waals surface area contributed by atoms with Gasteiger partial charge in [0.05, 0.1) is 17.1 Å². The largest absolute Gasteiger partial charge is 0.372 e. The molecule has 0 unspecified atom stereocenters. The van der Waals surface area contributed by atoms with Crippen LogP contribution in [-0.2, 0) is 11.2 Å². The van der Waals surface area contributed by atoms with Gasteiger partial charge in [0.1, 0.15) is 0 Å². The lowest BCUT2D eigenvalue weighted by Crippen LogP contribution is -2.18. The summed E-state index contributed by atoms with van der Waals surface area (Å²) in [6.45, 7) is 4.22. The Labute approximate surface area is 128 Å². The van der Waals surface area contributed by atoms with Crippen molar-refractivity contribution in [3.63, 3.8) is 0 Å². The molecule has 1 aromatic carbocycles. The monoisotopic (exact) mass is 301 g/mol. The molecule has 1 fully saturated rings. The zero-order valence-electron chi connectivity index (χ0n) is 12.1. The highest BCUT2D eigenvalue weighted by Crippen LogP contribution is 2.22. The molecule has 0 radical (unpaired) electrons. The fourth-order valence-corrected chi connectivity index (χ4v) is 3.20. The topological polar surface area (TPSA) is 45.2 Å². The van der Waals surface area contributed by atoms with Crippen LogP contribution in [0.2, 0.25) is 0 Å². The summed E-state index contributed by atoms with van der Waals surface area (Å²) in [4.78, 5) is 18.7. The van der Waals surface area contributed by atoms with E-state index in [1.54, 1.807) is 11.3 Å². The van der Waals surface area contributed by atoms with E-state index in [0.717, 1.165) is 29.5 Å². The van der Waals surface area contributed by atoms with Gasteiger partial charge in [-0.2, -0.15) is 0 Å². The van der Waals surface area contributed by atoms with Gasteiger partial charge in [-0.1, -0.05) is 0 Å². The summed E-state index contributed by atoms with van der Waals surface area (Å²) in [7, 11) is 0. The van der Waals surface area contributed by atoms with E-state index in [9.17, 15) is 4.79 Å². The maximum Gasteiger partial charge on any atom is 0.230 e. The van der Waals surface area contributed by atoms with Crippen LogP contribution < -0.4 is 10.2 Å². The first kappa shape index (κ1) is 14.1. The van der Waals surface area contributed by atoms with Crippen LogP contribution in [-0.4, -0.2) is 24.0 Å². The summed E-state index contributed by atoms with van der Waals surface area (Å²) in [6, 6.07) is 8.09. The lowest BCUT2D eigenvalue weighted by Gasteiger charge is -2.17. The Kier molecular flexibility index (Phi) is 4.20. The van der Waals surface area contributed by atoms with Crippen LogP contribution in [0, 0.1) is 6.92 Å². The molecule has 2 heterocycles. The second-order valence-corrected chi connectivity index (χ2v) is 6.39. The first-order chi connectivity index (χ1) is 10.2. The van der Waals surface area contributed by atoms with Gasteiger partial charge in [-0.3, -0.25) is 4.79 Å². The summed E-state index contributed by atoms with van der Waals surface area (Å²) < 4.78 is 0. The molecule has 3 rings (SSSR count). The number of hydrogen-bond donors (Lipinski definition) is 1. The summed E-state index contributed by atoms with van der Waals surface area (Å²) in [6.07, 6.45) is 2.87. The van der Waals surface area contributed by atoms with Crippen LogP contribution in [0.4, 0.5) is 11.4 Å². The molecule has 1 aromatic heterocycles. The standard InChI is InChI=1S/C16H19N3OS/c1-12-17-14(11-21-12)10-16(20)18-13-4-6-15(7-5-13)19-8-2-3-9-19/h4-7,11H,2-3,8-10H2,1H3,(H,18,20). The van der Waals surface area contributed by atoms with Crippen LogP contribution in [0.5, 0.6) is 0 Å². The van der Waals surface area contributed by atoms with Crippen LogP contribution in [0.15, 0.2) is 29.6 Å². The van der Waals surface area contributed by atoms with E-state index >= 15 is 0 Å². The summed E-state index contributed by atoms with van der Waals surface area (Å²) >= 11 is 1.57. The Morgan fingerprint density at radius 2 is 2.00 bits per heavy atom. The van der Waals surface area contributed by atoms with Crippen molar-refractivity contribution in [2.45, 2.75) is 26.2 Å². The highest BCUT2D eigenvalue weighted by molar-refractivity contribution is 7.09. The minimum atomic E-state index is -0.0192. The number of benzene rings is 1. The molecule has 1 saturated heterocycles. The van der Waals surface area contributed by atoms with Gasteiger partial charge in [-0.15, -0.1) is 11.3 Å². The predicted molar refractivity (Wildman–Crippen MR) is 87.1 cm³/mol. The first-order valence-corrected chi connectivity index (χ1v) is 8.14. The molecule has 1 aliphatic heterocycles. The molecule has 0 bridgehead atoms. The third-order valence-corrected chi connectivity index (χ3v) is 4.45. The number of aromatic nitrogens is 1. The fraction of sp³-hybridized carbons (Fsp3) is 0.375. The average Bonchev–Trinajstić information content (AvgIpc) is 3.11. The molecule has 0 spiro atoms. The smallest absolute Gasteiger partial charge is 0.230 e. The normalized spacial score (nSPS) is 14.4. The molecule has 0 atom stereocenters. The average molecular weight is 301 g/mol. The zero-order valence-corrected chi connectivity index (χ0v) is 12.9. The first-order valence-electron chi connectivity index (χ1n) is 7.26. The highest BCUT2D eigenvalue weighted by atomic mass is 32.1. The second-order valence-electron chi connectivity index (χ2n) is 5.32. The third kappa shape index (κ3) is 3.61. The Bertz CT molecular complexity index is 615. The summed E-state index contributed by atoms with van der Waals surface area (Å²) in [5.41, 5.74) is 2.92. The van der Waals surface area contributed by atoms with Crippen molar-refractivity contribution in [1.29, 1.82) is 0 Å². The molecule has 5 heteroatoms. The van der Waals surface area contributed by atoms with Crippen molar-refractivity contribution in [3.8, 4) is 0 Å². The van der Waals surface area contributed by atoms with E-state index < -0.39 is 0 Å². The van der Waals surface area contributed by atoms with Crippen molar-refractivity contribution in [2.24, 2.45) is 0 Å². The van der Waals surface area contributed by atoms with Crippen LogP contribution in [0.3, 0.4) is 0 Å². The number of thiazole rings is 1. The predicted octanol–water partition coefficient (Wildman–Crippen LogP) is 3.23. The maximum atomic E-state index is 12.0. The Morgan fingerprint density at radius 3 is 2.62 bits per heavy atom. The van der Waals surface area contributed by atoms with E-state index in [1.165, 1.54) is 18.5 Å². The molecule has 21 heavy (non-hydrogen) atoms. The van der Waals surface area contributed by atoms with Gasteiger partial charge < -0.3 is 10.2 Å². The molecular weight excluding hydrogens is 282 g/mol. The van der Waals surface area contributed by atoms with Crippen LogP contribution >= 0.6 is 11.3 Å². The van der Waals surface area contributed by atoms with Gasteiger partial charge in [0.25, 0.3) is 0 Å². The number of carbonyl (C=O) groups is 1. The SMILES string of the molecule is Cc1nc(CC(=O)Nc2ccc(N3CCCC3)cc2)cs1. The van der Waals surface area contributed by atoms with E-state index in [2.05, 4.69) is 27.3 Å². The number of rotatable bonds is 4. The van der Waals surface area contributed by atoms with Crippen molar-refractivity contribution in [2.75, 3.05) is 23.3 Å². The van der Waals surface area contributed by atoms with E-state index in [-0.39, 0.29) is 5.91 Å². The quantitative estimate of drug-likeness (QED) is 0.943. The number of nitrogens with zero attached hydrogens (tertiary/aromatic N) is 2. The summed E-state index contributed by atoms with van der Waals surface area (Å²) in [5, 5.41) is 5.85. The number of anilines is 2. The van der Waals surface area contributed by atoms with Crippen molar-refractivity contribution >= 4 is 28.6 Å². The minimum absolute atomic E-state index is 0.0192. The highest BCUT2D eigenvalue weighted by Gasteiger charge is 2.12. The number of hydrogen-bond acceptors (Lipinski definition) is 4. The van der Waals surface area contributed by atoms with E-state index in [1.807, 2.05) is 24.4 Å². The lowest BCUT2D eigenvalue weighted by molar-refractivity contribution is -0.115. The molecule has 0 aliphatic carbocycles. The molecule has 1 amide bonds. The molecule has 110 valence electrons. The molecule has 1 N–H and O–H groups in total. The van der Waals surface area contributed by atoms with Crippen LogP contribution in [0.1, 0.15) is 23.5 Å². The van der Waals surface area contributed by atoms with Gasteiger partial charge in [0.2, 0.25) is 5.91 Å². The van der Waals surface area contributed by atoms with E-state index in [4.69, 9.17) is 0 Å². The van der Waals surface area contributed by atoms with Crippen molar-refractivity contribution in [3.05, 3.63) is 40.3 Å². The minimum Gasteiger partial charge on any atom is -0.372 e. The molecule has 4 nitrogen and oxygen atoms in total. The third-order valence-electron chi connectivity index (χ3n) is 3.63. The van der Waals surface area contributed by atoms with Crippen molar-refractivity contribution < 1.29 is 4.79 Å². The fourth-order valence-electron chi connectivity index (χ4n) is 2.59. The number of amides is 1. The molecule has 1 aliphatic rings. The zero-order chi connectivity index (χ0) is 14.7. The van der Waals surface area contributed by atoms with Crippen molar-refractivity contribution in [1.82, 2.24) is 4.98 Å². The molecule has 2 aromatic rings. The van der Waals surface area contributed by atoms with Gasteiger partial charge in [-0.25, -0.2) is 4.98 Å². The number of aryl methyl sites for hydroxylation is 1. The van der Waals surface area contributed by atoms with Gasteiger partial charge in [0, 0.05) is 29.8 Å². The molecule has 0 saturated carbocycles. The Hall–Kier alpha value is -1.88. The lowest BCUT2D eigenvalue weighted by atomic mass is 10.2. The Morgan fingerprint density at radius 1 is 1.29 bits per heavy atom. The molecular formula is C16H19N3OS. The second kappa shape index (κ2) is 6.26. The Balaban J connectivity index is 1.58. The van der Waals surface area contributed by atoms with Gasteiger partial charge in [0.15, 0.2) is 0 Å². The number of nitrogens with one attached hydrogen (secondary N) is 1. The number of carbonyl (C=O) groups excluding carboxylic acids is 1. The van der Waals surface area contributed by atoms with Gasteiger partial charge in [-0.05, 0) is 44.0 Å². The maximum absolute atomic E-state index is 12.0.